The molecule has 43 heavy (non-hydrogen) atoms. The fraction of sp³-hybridized carbons (Fsp3) is 0.121. The number of nitrogens with zero attached hydrogens (tertiary/aromatic N) is 2. The molecule has 7 rings (SSSR count). The predicted octanol–water partition coefficient (Wildman–Crippen LogP) is 5.50. The zero-order valence-electron chi connectivity index (χ0n) is 23.2. The molecule has 2 aliphatic rings. The van der Waals surface area contributed by atoms with Gasteiger partial charge in [-0.15, -0.1) is 0 Å². The van der Waals surface area contributed by atoms with Crippen molar-refractivity contribution in [3.63, 3.8) is 0 Å². The van der Waals surface area contributed by atoms with Gasteiger partial charge in [-0.2, -0.15) is 4.39 Å². The Bertz CT molecular complexity index is 2000. The molecule has 0 bridgehead atoms. The number of ether oxygens (including phenoxy) is 2. The van der Waals surface area contributed by atoms with Crippen molar-refractivity contribution >= 4 is 16.8 Å². The number of benzene rings is 3. The van der Waals surface area contributed by atoms with Crippen molar-refractivity contribution in [3.05, 3.63) is 135 Å². The molecule has 4 heterocycles. The third-order valence-electron chi connectivity index (χ3n) is 7.91. The number of hydrazine groups is 1. The average molecular weight is 576 g/mol. The largest absolute Gasteiger partial charge is 0.497 e. The van der Waals surface area contributed by atoms with Gasteiger partial charge in [-0.3, -0.25) is 10.4 Å². The van der Waals surface area contributed by atoms with Gasteiger partial charge >= 0.3 is 5.63 Å². The molecule has 2 unspecified atom stereocenters. The minimum absolute atomic E-state index is 0.0137. The minimum Gasteiger partial charge on any atom is -0.497 e. The zero-order valence-corrected chi connectivity index (χ0v) is 23.2. The maximum Gasteiger partial charge on any atom is 0.344 e. The van der Waals surface area contributed by atoms with Crippen molar-refractivity contribution in [1.29, 1.82) is 5.41 Å². The molecule has 10 heteroatoms. The lowest BCUT2D eigenvalue weighted by atomic mass is 9.81. The van der Waals surface area contributed by atoms with Crippen LogP contribution >= 0.6 is 0 Å². The van der Waals surface area contributed by atoms with Gasteiger partial charge < -0.3 is 19.2 Å². The van der Waals surface area contributed by atoms with E-state index < -0.39 is 23.7 Å². The van der Waals surface area contributed by atoms with Crippen LogP contribution in [0.3, 0.4) is 0 Å². The fourth-order valence-electron chi connectivity index (χ4n) is 5.69. The van der Waals surface area contributed by atoms with Crippen LogP contribution in [-0.2, 0) is 0 Å². The van der Waals surface area contributed by atoms with Crippen molar-refractivity contribution in [3.8, 4) is 22.6 Å². The second-order valence-electron chi connectivity index (χ2n) is 10.4. The highest BCUT2D eigenvalue weighted by atomic mass is 19.1. The number of para-hydroxylation sites is 1. The van der Waals surface area contributed by atoms with Gasteiger partial charge in [0.2, 0.25) is 11.8 Å². The van der Waals surface area contributed by atoms with Gasteiger partial charge in [-0.25, -0.2) is 15.6 Å². The van der Waals surface area contributed by atoms with Gasteiger partial charge in [0.1, 0.15) is 23.3 Å². The van der Waals surface area contributed by atoms with Crippen molar-refractivity contribution in [2.45, 2.75) is 19.0 Å². The molecule has 2 aromatic heterocycles. The minimum atomic E-state index is -0.732. The molecule has 3 aromatic carbocycles. The summed E-state index contributed by atoms with van der Waals surface area (Å²) in [5, 5.41) is 14.5. The maximum absolute atomic E-state index is 13.8. The van der Waals surface area contributed by atoms with E-state index in [1.165, 1.54) is 11.2 Å². The topological polar surface area (TPSA) is 127 Å². The standard InChI is InChI=1S/C33H26FN5O4/c1-17-15-21(16-37-29(17)34)18-7-9-19(10-8-18)25-26-28(23-5-3-4-6-24(23)42-33(26)40)43-32-27(25)30(35)39(36)31(38-32)20-11-13-22(41-2)14-12-20/h3-16,25,31,35,38H,36H2,1-2H3. The summed E-state index contributed by atoms with van der Waals surface area (Å²) in [7, 11) is 1.59. The van der Waals surface area contributed by atoms with E-state index in [0.29, 0.717) is 39.5 Å². The number of nitrogens with two attached hydrogens (primary N) is 1. The van der Waals surface area contributed by atoms with Crippen molar-refractivity contribution in [2.75, 3.05) is 7.11 Å². The number of amidine groups is 1. The second kappa shape index (κ2) is 10.1. The Morgan fingerprint density at radius 2 is 1.74 bits per heavy atom. The summed E-state index contributed by atoms with van der Waals surface area (Å²) >= 11 is 0. The number of hydrogen-bond donors (Lipinski definition) is 3. The van der Waals surface area contributed by atoms with Gasteiger partial charge in [0.05, 0.1) is 29.6 Å². The lowest BCUT2D eigenvalue weighted by molar-refractivity contribution is 0.222. The molecule has 0 saturated carbocycles. The third-order valence-corrected chi connectivity index (χ3v) is 7.91. The van der Waals surface area contributed by atoms with Crippen LogP contribution in [0.1, 0.15) is 34.3 Å². The van der Waals surface area contributed by atoms with Crippen molar-refractivity contribution < 1.29 is 18.3 Å². The Kier molecular flexibility index (Phi) is 6.21. The normalized spacial score (nSPS) is 17.7. The molecule has 0 saturated heterocycles. The van der Waals surface area contributed by atoms with Crippen molar-refractivity contribution in [2.24, 2.45) is 5.84 Å². The number of hydrogen-bond acceptors (Lipinski definition) is 8. The molecule has 0 fully saturated rings. The SMILES string of the molecule is COc1ccc(C2NC3=C(C(=N)N2N)C(c2ccc(-c4cnc(F)c(C)c4)cc2)c2c(c4ccccc4oc2=O)O3)cc1. The number of methoxy groups -OCH3 is 1. The lowest BCUT2D eigenvalue weighted by Crippen LogP contribution is -2.54. The quantitative estimate of drug-likeness (QED) is 0.146. The molecule has 2 atom stereocenters. The molecular weight excluding hydrogens is 549 g/mol. The first kappa shape index (κ1) is 26.4. The Balaban J connectivity index is 1.39. The van der Waals surface area contributed by atoms with E-state index in [-0.39, 0.29) is 11.4 Å². The van der Waals surface area contributed by atoms with E-state index in [4.69, 9.17) is 19.7 Å². The summed E-state index contributed by atoms with van der Waals surface area (Å²) in [6, 6.07) is 23.8. The predicted molar refractivity (Wildman–Crippen MR) is 159 cm³/mol. The van der Waals surface area contributed by atoms with Crippen LogP contribution in [0.15, 0.2) is 106 Å². The van der Waals surface area contributed by atoms with Crippen LogP contribution in [0.2, 0.25) is 0 Å². The Labute approximate surface area is 245 Å². The first-order chi connectivity index (χ1) is 20.8. The number of aryl methyl sites for hydroxylation is 1. The van der Waals surface area contributed by atoms with Crippen LogP contribution in [0.25, 0.3) is 22.1 Å². The van der Waals surface area contributed by atoms with Crippen LogP contribution in [0.5, 0.6) is 11.5 Å². The molecule has 4 N–H and O–H groups in total. The third kappa shape index (κ3) is 4.31. The highest BCUT2D eigenvalue weighted by Crippen LogP contribution is 2.47. The molecule has 0 spiro atoms. The van der Waals surface area contributed by atoms with Gasteiger partial charge in [0, 0.05) is 17.3 Å². The van der Waals surface area contributed by atoms with Crippen LogP contribution < -0.4 is 26.3 Å². The first-order valence-corrected chi connectivity index (χ1v) is 13.6. The Hall–Kier alpha value is -5.48. The molecule has 0 aliphatic carbocycles. The van der Waals surface area contributed by atoms with Crippen LogP contribution in [-0.4, -0.2) is 22.9 Å². The summed E-state index contributed by atoms with van der Waals surface area (Å²) in [6.45, 7) is 1.66. The number of pyridine rings is 1. The van der Waals surface area contributed by atoms with Gasteiger partial charge in [-0.1, -0.05) is 48.5 Å². The van der Waals surface area contributed by atoms with E-state index in [0.717, 1.165) is 22.3 Å². The number of halogens is 1. The van der Waals surface area contributed by atoms with Gasteiger partial charge in [0.25, 0.3) is 0 Å². The second-order valence-corrected chi connectivity index (χ2v) is 10.4. The van der Waals surface area contributed by atoms with E-state index in [1.54, 1.807) is 32.2 Å². The van der Waals surface area contributed by atoms with Gasteiger partial charge in [-0.05, 0) is 53.9 Å². The van der Waals surface area contributed by atoms with Crippen LogP contribution in [0, 0.1) is 18.3 Å². The number of nitrogens with one attached hydrogen (secondary N) is 2. The van der Waals surface area contributed by atoms with E-state index in [2.05, 4.69) is 10.3 Å². The van der Waals surface area contributed by atoms with E-state index >= 15 is 0 Å². The maximum atomic E-state index is 13.8. The summed E-state index contributed by atoms with van der Waals surface area (Å²) < 4.78 is 31.3. The highest BCUT2D eigenvalue weighted by Gasteiger charge is 2.43. The number of fused-ring (bicyclic) bond motifs is 3. The summed E-state index contributed by atoms with van der Waals surface area (Å²) in [5.41, 5.74) is 4.02. The smallest absolute Gasteiger partial charge is 0.344 e. The molecule has 214 valence electrons. The van der Waals surface area contributed by atoms with E-state index in [9.17, 15) is 14.6 Å². The first-order valence-electron chi connectivity index (χ1n) is 13.6. The Morgan fingerprint density at radius 3 is 2.47 bits per heavy atom. The monoisotopic (exact) mass is 575 g/mol. The fourth-order valence-corrected chi connectivity index (χ4v) is 5.69. The van der Waals surface area contributed by atoms with Gasteiger partial charge in [0.15, 0.2) is 5.75 Å². The molecular formula is C33H26FN5O4. The lowest BCUT2D eigenvalue weighted by Gasteiger charge is -2.42. The van der Waals surface area contributed by atoms with Crippen LogP contribution in [0.4, 0.5) is 4.39 Å². The molecule has 5 aromatic rings. The molecule has 0 amide bonds. The molecule has 2 aliphatic heterocycles. The average Bonchev–Trinajstić information content (AvgIpc) is 3.03. The number of rotatable bonds is 4. The molecule has 9 nitrogen and oxygen atoms in total. The summed E-state index contributed by atoms with van der Waals surface area (Å²) in [4.78, 5) is 17.4. The zero-order chi connectivity index (χ0) is 29.8. The van der Waals surface area contributed by atoms with Crippen molar-refractivity contribution in [1.82, 2.24) is 15.3 Å². The Morgan fingerprint density at radius 1 is 1.02 bits per heavy atom. The summed E-state index contributed by atoms with van der Waals surface area (Å²) in [6.07, 6.45) is 0.858. The molecule has 0 radical (unpaired) electrons. The summed E-state index contributed by atoms with van der Waals surface area (Å²) in [5.74, 6) is 6.64. The highest BCUT2D eigenvalue weighted by molar-refractivity contribution is 6.00. The number of aromatic nitrogens is 1. The van der Waals surface area contributed by atoms with E-state index in [1.807, 2.05) is 60.7 Å².